The summed E-state index contributed by atoms with van der Waals surface area (Å²) in [6.45, 7) is 2.53. The number of nitrogens with zero attached hydrogens (tertiary/aromatic N) is 1. The number of aromatic nitrogens is 1. The van der Waals surface area contributed by atoms with E-state index in [-0.39, 0.29) is 17.9 Å². The maximum atomic E-state index is 12.8. The van der Waals surface area contributed by atoms with Crippen LogP contribution in [0.25, 0.3) is 10.9 Å². The number of likely N-dealkylation sites (tertiary alicyclic amines) is 1. The molecule has 2 aromatic carbocycles. The van der Waals surface area contributed by atoms with E-state index in [0.717, 1.165) is 65.1 Å². The lowest BCUT2D eigenvalue weighted by molar-refractivity contribution is -0.173. The average molecular weight is 444 g/mol. The van der Waals surface area contributed by atoms with Gasteiger partial charge in [0.05, 0.1) is 16.7 Å². The summed E-state index contributed by atoms with van der Waals surface area (Å²) >= 11 is 0. The number of H-pyrrole nitrogens is 1. The fraction of sp³-hybridized carbons (Fsp3) is 0.481. The summed E-state index contributed by atoms with van der Waals surface area (Å²) in [6.07, 6.45) is 4.52. The topological polar surface area (TPSA) is 94.7 Å². The van der Waals surface area contributed by atoms with Crippen molar-refractivity contribution in [2.75, 3.05) is 13.1 Å². The molecule has 0 unspecified atom stereocenters. The Morgan fingerprint density at radius 1 is 1.21 bits per heavy atom. The molecule has 3 aliphatic carbocycles. The minimum Gasteiger partial charge on any atom is -0.504 e. The van der Waals surface area contributed by atoms with E-state index in [4.69, 9.17) is 10.5 Å². The normalized spacial score (nSPS) is 33.6. The van der Waals surface area contributed by atoms with Gasteiger partial charge in [0.2, 0.25) is 0 Å². The summed E-state index contributed by atoms with van der Waals surface area (Å²) < 4.78 is 6.63. The van der Waals surface area contributed by atoms with Gasteiger partial charge in [-0.3, -0.25) is 4.90 Å². The van der Waals surface area contributed by atoms with E-state index in [1.165, 1.54) is 18.4 Å². The number of piperidine rings is 1. The number of aromatic hydroxyl groups is 1. The Kier molecular flexibility index (Phi) is 3.38. The number of aliphatic hydroxyl groups is 1. The molecule has 1 spiro atoms. The molecule has 3 aromatic rings. The Bertz CT molecular complexity index is 1340. The van der Waals surface area contributed by atoms with Crippen molar-refractivity contribution in [3.63, 3.8) is 0 Å². The fourth-order valence-electron chi connectivity index (χ4n) is 7.80. The van der Waals surface area contributed by atoms with Crippen molar-refractivity contribution < 1.29 is 14.9 Å². The van der Waals surface area contributed by atoms with Crippen molar-refractivity contribution in [3.8, 4) is 11.5 Å². The number of rotatable bonds is 3. The molecule has 170 valence electrons. The predicted octanol–water partition coefficient (Wildman–Crippen LogP) is 3.03. The molecule has 1 saturated heterocycles. The quantitative estimate of drug-likeness (QED) is 0.499. The molecule has 6 nitrogen and oxygen atoms in total. The van der Waals surface area contributed by atoms with Crippen LogP contribution >= 0.6 is 0 Å². The molecule has 6 heteroatoms. The van der Waals surface area contributed by atoms with Crippen LogP contribution in [0.15, 0.2) is 30.3 Å². The Balaban J connectivity index is 1.40. The number of phenolic OH excluding ortho intramolecular Hbond substituents is 1. The third kappa shape index (κ3) is 2.12. The van der Waals surface area contributed by atoms with Gasteiger partial charge in [-0.15, -0.1) is 0 Å². The van der Waals surface area contributed by atoms with Gasteiger partial charge in [-0.25, -0.2) is 0 Å². The monoisotopic (exact) mass is 443 g/mol. The molecule has 2 aliphatic heterocycles. The zero-order valence-corrected chi connectivity index (χ0v) is 18.6. The van der Waals surface area contributed by atoms with Gasteiger partial charge >= 0.3 is 0 Å². The lowest BCUT2D eigenvalue weighted by Crippen LogP contribution is -2.74. The zero-order valence-electron chi connectivity index (χ0n) is 18.6. The summed E-state index contributed by atoms with van der Waals surface area (Å²) in [7, 11) is 0. The molecule has 2 bridgehead atoms. The molecule has 0 amide bonds. The van der Waals surface area contributed by atoms with E-state index >= 15 is 0 Å². The Morgan fingerprint density at radius 3 is 2.91 bits per heavy atom. The molecule has 1 saturated carbocycles. The van der Waals surface area contributed by atoms with Gasteiger partial charge in [0, 0.05) is 42.0 Å². The molecule has 5 aliphatic rings. The van der Waals surface area contributed by atoms with Crippen LogP contribution in [0.5, 0.6) is 11.5 Å². The molecule has 8 rings (SSSR count). The summed E-state index contributed by atoms with van der Waals surface area (Å²) in [5.41, 5.74) is 11.1. The summed E-state index contributed by atoms with van der Waals surface area (Å²) in [5.74, 6) is 1.54. The minimum atomic E-state index is -0.947. The predicted molar refractivity (Wildman–Crippen MR) is 124 cm³/mol. The second kappa shape index (κ2) is 5.93. The number of hydrogen-bond acceptors (Lipinski definition) is 5. The van der Waals surface area contributed by atoms with E-state index in [1.807, 2.05) is 0 Å². The van der Waals surface area contributed by atoms with Gasteiger partial charge in [-0.05, 0) is 73.0 Å². The molecule has 3 heterocycles. The van der Waals surface area contributed by atoms with E-state index in [2.05, 4.69) is 34.1 Å². The Morgan fingerprint density at radius 2 is 2.09 bits per heavy atom. The number of ether oxygens (including phenoxy) is 1. The van der Waals surface area contributed by atoms with Crippen molar-refractivity contribution in [3.05, 3.63) is 58.3 Å². The van der Waals surface area contributed by atoms with Crippen molar-refractivity contribution >= 4 is 10.9 Å². The standard InChI is InChI=1S/C27H29N3O3/c28-12-15-3-5-19-17(9-15)18-11-27(32)21-10-16-4-6-20(31)24-22(16)26(27,25(33-24)23(18)29-19)7-8-30(21)13-14-1-2-14/h3-6,9,14,21,25,29,31-32H,1-2,7-8,10-13,28H2/t21-,25-,26-,27+/m0/s1. The van der Waals surface area contributed by atoms with Crippen LogP contribution in [0.3, 0.4) is 0 Å². The number of nitrogens with one attached hydrogen (secondary N) is 1. The van der Waals surface area contributed by atoms with Crippen LogP contribution in [0.4, 0.5) is 0 Å². The molecule has 4 atom stereocenters. The molecular weight excluding hydrogens is 414 g/mol. The first-order valence-electron chi connectivity index (χ1n) is 12.4. The number of aromatic amines is 1. The maximum Gasteiger partial charge on any atom is 0.166 e. The Labute approximate surface area is 192 Å². The first-order chi connectivity index (χ1) is 16.0. The van der Waals surface area contributed by atoms with Crippen LogP contribution in [0, 0.1) is 5.92 Å². The smallest absolute Gasteiger partial charge is 0.166 e. The van der Waals surface area contributed by atoms with Crippen molar-refractivity contribution in [1.29, 1.82) is 0 Å². The molecule has 5 N–H and O–H groups in total. The first-order valence-corrected chi connectivity index (χ1v) is 12.4. The van der Waals surface area contributed by atoms with Crippen LogP contribution in [0.1, 0.15) is 53.3 Å². The third-order valence-electron chi connectivity index (χ3n) is 9.46. The van der Waals surface area contributed by atoms with E-state index in [0.29, 0.717) is 18.7 Å². The highest BCUT2D eigenvalue weighted by Crippen LogP contribution is 2.69. The van der Waals surface area contributed by atoms with Gasteiger partial charge in [-0.1, -0.05) is 12.1 Å². The van der Waals surface area contributed by atoms with E-state index < -0.39 is 11.0 Å². The lowest BCUT2D eigenvalue weighted by atomic mass is 9.49. The molecule has 2 fully saturated rings. The Hall–Kier alpha value is -2.54. The molecule has 33 heavy (non-hydrogen) atoms. The molecular formula is C27H29N3O3. The second-order valence-corrected chi connectivity index (χ2v) is 11.0. The zero-order chi connectivity index (χ0) is 22.1. The fourth-order valence-corrected chi connectivity index (χ4v) is 7.80. The third-order valence-corrected chi connectivity index (χ3v) is 9.46. The first kappa shape index (κ1) is 18.8. The van der Waals surface area contributed by atoms with Crippen LogP contribution in [0.2, 0.25) is 0 Å². The lowest BCUT2D eigenvalue weighted by Gasteiger charge is -2.62. The molecule has 1 aromatic heterocycles. The van der Waals surface area contributed by atoms with E-state index in [9.17, 15) is 10.2 Å². The van der Waals surface area contributed by atoms with Gasteiger partial charge in [-0.2, -0.15) is 0 Å². The number of benzene rings is 2. The largest absolute Gasteiger partial charge is 0.504 e. The summed E-state index contributed by atoms with van der Waals surface area (Å²) in [5, 5.41) is 24.7. The summed E-state index contributed by atoms with van der Waals surface area (Å²) in [4.78, 5) is 6.22. The van der Waals surface area contributed by atoms with Crippen LogP contribution in [-0.2, 0) is 24.8 Å². The number of nitrogens with two attached hydrogens (primary N) is 1. The van der Waals surface area contributed by atoms with Crippen molar-refractivity contribution in [1.82, 2.24) is 9.88 Å². The average Bonchev–Trinajstić information content (AvgIpc) is 3.45. The van der Waals surface area contributed by atoms with Crippen LogP contribution < -0.4 is 10.5 Å². The van der Waals surface area contributed by atoms with Gasteiger partial charge < -0.3 is 25.7 Å². The highest BCUT2D eigenvalue weighted by atomic mass is 16.5. The number of fused-ring (bicyclic) bond motifs is 4. The minimum absolute atomic E-state index is 0.0525. The van der Waals surface area contributed by atoms with Gasteiger partial charge in [0.25, 0.3) is 0 Å². The van der Waals surface area contributed by atoms with Gasteiger partial charge in [0.15, 0.2) is 17.6 Å². The second-order valence-electron chi connectivity index (χ2n) is 11.0. The summed E-state index contributed by atoms with van der Waals surface area (Å²) in [6, 6.07) is 10.2. The van der Waals surface area contributed by atoms with E-state index in [1.54, 1.807) is 6.07 Å². The number of hydrogen-bond donors (Lipinski definition) is 4. The highest BCUT2D eigenvalue weighted by Gasteiger charge is 2.72. The van der Waals surface area contributed by atoms with Crippen LogP contribution in [-0.4, -0.2) is 44.8 Å². The maximum absolute atomic E-state index is 12.8. The van der Waals surface area contributed by atoms with Gasteiger partial charge in [0.1, 0.15) is 0 Å². The number of phenols is 1. The molecule has 0 radical (unpaired) electrons. The van der Waals surface area contributed by atoms with Crippen molar-refractivity contribution in [2.24, 2.45) is 11.7 Å². The SMILES string of the molecule is NCc1ccc2[nH]c3c(c2c1)C[C@@]1(O)[C@@H]2Cc4ccc(O)c5c4[C@@]1(CCN2CC1CC1)[C@H]3O5. The van der Waals surface area contributed by atoms with Crippen molar-refractivity contribution in [2.45, 2.75) is 61.8 Å². The highest BCUT2D eigenvalue weighted by molar-refractivity contribution is 5.87.